The molecule has 5 nitrogen and oxygen atoms in total. The van der Waals surface area contributed by atoms with Gasteiger partial charge in [0.25, 0.3) is 5.56 Å². The highest BCUT2D eigenvalue weighted by molar-refractivity contribution is 7.71. The van der Waals surface area contributed by atoms with Gasteiger partial charge in [-0.15, -0.1) is 0 Å². The maximum Gasteiger partial charge on any atom is 0.417 e. The van der Waals surface area contributed by atoms with Crippen LogP contribution >= 0.6 is 12.2 Å². The van der Waals surface area contributed by atoms with E-state index in [2.05, 4.69) is 14.7 Å². The van der Waals surface area contributed by atoms with E-state index < -0.39 is 29.3 Å². The summed E-state index contributed by atoms with van der Waals surface area (Å²) in [5.74, 6) is -0.224. The number of aromatic nitrogens is 3. The molecule has 1 aromatic carbocycles. The molecule has 29 heavy (non-hydrogen) atoms. The van der Waals surface area contributed by atoms with E-state index in [1.54, 1.807) is 0 Å². The Balaban J connectivity index is 2.03. The van der Waals surface area contributed by atoms with Crippen molar-refractivity contribution in [2.75, 3.05) is 0 Å². The number of H-pyrrole nitrogens is 1. The van der Waals surface area contributed by atoms with Crippen LogP contribution in [0.1, 0.15) is 24.4 Å². The Morgan fingerprint density at radius 3 is 2.59 bits per heavy atom. The predicted octanol–water partition coefficient (Wildman–Crippen LogP) is 5.08. The average Bonchev–Trinajstić information content (AvgIpc) is 3.44. The number of hydrogen-bond donors (Lipinski definition) is 1. The minimum Gasteiger partial charge on any atom is -0.435 e. The van der Waals surface area contributed by atoms with Crippen LogP contribution in [0, 0.1) is 4.77 Å². The Hall–Kier alpha value is -2.82. The van der Waals surface area contributed by atoms with Gasteiger partial charge in [0, 0.05) is 11.6 Å². The lowest BCUT2D eigenvalue weighted by molar-refractivity contribution is -0.136. The number of fused-ring (bicyclic) bond motifs is 1. The van der Waals surface area contributed by atoms with E-state index in [1.807, 2.05) is 0 Å². The van der Waals surface area contributed by atoms with Crippen LogP contribution in [0.2, 0.25) is 0 Å². The predicted molar refractivity (Wildman–Crippen MR) is 96.5 cm³/mol. The molecule has 0 atom stereocenters. The van der Waals surface area contributed by atoms with Crippen LogP contribution < -0.4 is 10.3 Å². The maximum atomic E-state index is 13.8. The molecule has 1 aliphatic rings. The molecule has 152 valence electrons. The largest absolute Gasteiger partial charge is 0.435 e. The van der Waals surface area contributed by atoms with E-state index >= 15 is 0 Å². The zero-order valence-corrected chi connectivity index (χ0v) is 15.3. The van der Waals surface area contributed by atoms with Gasteiger partial charge in [0.2, 0.25) is 0 Å². The first-order valence-corrected chi connectivity index (χ1v) is 8.88. The van der Waals surface area contributed by atoms with Gasteiger partial charge in [0.1, 0.15) is 11.4 Å². The summed E-state index contributed by atoms with van der Waals surface area (Å²) < 4.78 is 71.9. The second kappa shape index (κ2) is 6.90. The average molecular weight is 429 g/mol. The van der Waals surface area contributed by atoms with Gasteiger partial charge in [0.05, 0.1) is 16.6 Å². The molecule has 0 aliphatic heterocycles. The molecule has 4 rings (SSSR count). The summed E-state index contributed by atoms with van der Waals surface area (Å²) in [6.07, 6.45) is -3.45. The number of ether oxygens (including phenoxy) is 1. The number of rotatable bonds is 4. The molecule has 0 unspecified atom stereocenters. The van der Waals surface area contributed by atoms with Crippen molar-refractivity contribution in [3.8, 4) is 17.0 Å². The molecule has 1 fully saturated rings. The summed E-state index contributed by atoms with van der Waals surface area (Å²) in [4.78, 5) is 18.8. The Bertz CT molecular complexity index is 1210. The van der Waals surface area contributed by atoms with Crippen LogP contribution in [0.25, 0.3) is 22.3 Å². The van der Waals surface area contributed by atoms with Crippen LogP contribution in [0.15, 0.2) is 35.1 Å². The van der Waals surface area contributed by atoms with E-state index in [1.165, 1.54) is 22.8 Å². The van der Waals surface area contributed by atoms with Crippen molar-refractivity contribution in [1.29, 1.82) is 0 Å². The summed E-state index contributed by atoms with van der Waals surface area (Å²) in [6.45, 7) is -3.08. The highest BCUT2D eigenvalue weighted by Gasteiger charge is 2.37. The van der Waals surface area contributed by atoms with Gasteiger partial charge in [-0.1, -0.05) is 12.1 Å². The van der Waals surface area contributed by atoms with E-state index in [4.69, 9.17) is 12.2 Å². The van der Waals surface area contributed by atoms with Crippen molar-refractivity contribution in [1.82, 2.24) is 14.5 Å². The number of nitrogens with zero attached hydrogens (tertiary/aromatic N) is 2. The van der Waals surface area contributed by atoms with Crippen LogP contribution in [0.3, 0.4) is 0 Å². The molecule has 0 spiro atoms. The molecule has 2 aromatic heterocycles. The van der Waals surface area contributed by atoms with Gasteiger partial charge >= 0.3 is 12.8 Å². The second-order valence-corrected chi connectivity index (χ2v) is 6.90. The number of benzene rings is 1. The third kappa shape index (κ3) is 3.74. The zero-order chi connectivity index (χ0) is 20.9. The quantitative estimate of drug-likeness (QED) is 0.464. The molecule has 1 saturated carbocycles. The number of nitrogens with one attached hydrogen (secondary N) is 1. The van der Waals surface area contributed by atoms with Gasteiger partial charge in [-0.3, -0.25) is 14.3 Å². The first-order chi connectivity index (χ1) is 13.6. The standard InChI is InChI=1S/C18H12F5N3O2S/c19-16(20)28-10-3-1-2-8(6-10)12-7-11(18(21,22)23)13-14(24-12)26(9-4-5-9)17(29)25-15(13)27/h1-3,6-7,9,16H,4-5H2,(H,25,27,29). The van der Waals surface area contributed by atoms with Crippen molar-refractivity contribution < 1.29 is 26.7 Å². The second-order valence-electron chi connectivity index (χ2n) is 6.52. The lowest BCUT2D eigenvalue weighted by atomic mass is 10.1. The molecule has 0 saturated heterocycles. The smallest absolute Gasteiger partial charge is 0.417 e. The van der Waals surface area contributed by atoms with Crippen LogP contribution in [0.5, 0.6) is 5.75 Å². The van der Waals surface area contributed by atoms with Gasteiger partial charge in [-0.25, -0.2) is 4.98 Å². The molecule has 3 aromatic rings. The fraction of sp³-hybridized carbons (Fsp3) is 0.278. The molecular weight excluding hydrogens is 417 g/mol. The number of halogens is 5. The van der Waals surface area contributed by atoms with Gasteiger partial charge in [-0.05, 0) is 43.3 Å². The molecular formula is C18H12F5N3O2S. The third-order valence-electron chi connectivity index (χ3n) is 4.47. The molecule has 1 aliphatic carbocycles. The molecule has 0 amide bonds. The van der Waals surface area contributed by atoms with Crippen molar-refractivity contribution in [3.05, 3.63) is 51.0 Å². The fourth-order valence-corrected chi connectivity index (χ4v) is 3.45. The molecule has 2 heterocycles. The summed E-state index contributed by atoms with van der Waals surface area (Å²) in [7, 11) is 0. The van der Waals surface area contributed by atoms with Crippen LogP contribution in [0.4, 0.5) is 22.0 Å². The molecule has 11 heteroatoms. The van der Waals surface area contributed by atoms with Crippen molar-refractivity contribution >= 4 is 23.3 Å². The number of aromatic amines is 1. The summed E-state index contributed by atoms with van der Waals surface area (Å²) >= 11 is 5.13. The van der Waals surface area contributed by atoms with Gasteiger partial charge < -0.3 is 4.74 Å². The van der Waals surface area contributed by atoms with Gasteiger partial charge in [-0.2, -0.15) is 22.0 Å². The van der Waals surface area contributed by atoms with Crippen LogP contribution in [-0.4, -0.2) is 21.1 Å². The fourth-order valence-electron chi connectivity index (χ4n) is 3.12. The minimum atomic E-state index is -4.84. The summed E-state index contributed by atoms with van der Waals surface area (Å²) in [6, 6.07) is 5.74. The third-order valence-corrected chi connectivity index (χ3v) is 4.77. The Kier molecular flexibility index (Phi) is 4.64. The highest BCUT2D eigenvalue weighted by atomic mass is 32.1. The van der Waals surface area contributed by atoms with E-state index in [-0.39, 0.29) is 33.5 Å². The maximum absolute atomic E-state index is 13.8. The topological polar surface area (TPSA) is 59.9 Å². The summed E-state index contributed by atoms with van der Waals surface area (Å²) in [5, 5.41) is -0.610. The number of alkyl halides is 5. The lowest BCUT2D eigenvalue weighted by Gasteiger charge is -2.16. The molecule has 1 N–H and O–H groups in total. The normalized spacial score (nSPS) is 14.6. The zero-order valence-electron chi connectivity index (χ0n) is 14.5. The van der Waals surface area contributed by atoms with E-state index in [9.17, 15) is 26.7 Å². The molecule has 0 bridgehead atoms. The lowest BCUT2D eigenvalue weighted by Crippen LogP contribution is -2.20. The van der Waals surface area contributed by atoms with Crippen molar-refractivity contribution in [2.45, 2.75) is 31.7 Å². The minimum absolute atomic E-state index is 0.0161. The van der Waals surface area contributed by atoms with Crippen molar-refractivity contribution in [3.63, 3.8) is 0 Å². The van der Waals surface area contributed by atoms with Crippen LogP contribution in [-0.2, 0) is 6.18 Å². The highest BCUT2D eigenvalue weighted by Crippen LogP contribution is 2.40. The van der Waals surface area contributed by atoms with Crippen molar-refractivity contribution in [2.24, 2.45) is 0 Å². The molecule has 0 radical (unpaired) electrons. The summed E-state index contributed by atoms with van der Waals surface area (Å²) in [5.41, 5.74) is -2.36. The van der Waals surface area contributed by atoms with E-state index in [0.29, 0.717) is 12.8 Å². The first kappa shape index (κ1) is 19.5. The van der Waals surface area contributed by atoms with Gasteiger partial charge in [0.15, 0.2) is 4.77 Å². The number of hydrogen-bond acceptors (Lipinski definition) is 4. The monoisotopic (exact) mass is 429 g/mol. The SMILES string of the molecule is O=c1[nH]c(=S)n(C2CC2)c2nc(-c3cccc(OC(F)F)c3)cc(C(F)(F)F)c12. The Labute approximate surface area is 164 Å². The Morgan fingerprint density at radius 2 is 1.97 bits per heavy atom. The number of pyridine rings is 1. The Morgan fingerprint density at radius 1 is 1.24 bits per heavy atom. The first-order valence-electron chi connectivity index (χ1n) is 8.47. The van der Waals surface area contributed by atoms with E-state index in [0.717, 1.165) is 12.1 Å².